The molecule has 0 saturated carbocycles. The first-order valence-corrected chi connectivity index (χ1v) is 5.88. The van der Waals surface area contributed by atoms with E-state index in [-0.39, 0.29) is 5.91 Å². The summed E-state index contributed by atoms with van der Waals surface area (Å²) in [6, 6.07) is 5.93. The lowest BCUT2D eigenvalue weighted by Gasteiger charge is -2.07. The van der Waals surface area contributed by atoms with Crippen molar-refractivity contribution < 1.29 is 4.79 Å². The lowest BCUT2D eigenvalue weighted by molar-refractivity contribution is 0.101. The third-order valence-electron chi connectivity index (χ3n) is 3.12. The molecule has 18 heavy (non-hydrogen) atoms. The monoisotopic (exact) mass is 242 g/mol. The minimum Gasteiger partial charge on any atom is -0.384 e. The SMILES string of the molecule is Cn1cncc1C(=O)Nc1ccc2c(c1)CCN2. The summed E-state index contributed by atoms with van der Waals surface area (Å²) >= 11 is 0. The molecule has 1 aliphatic rings. The number of hydrogen-bond acceptors (Lipinski definition) is 3. The van der Waals surface area contributed by atoms with Crippen LogP contribution in [0.5, 0.6) is 0 Å². The van der Waals surface area contributed by atoms with Crippen LogP contribution in [0.4, 0.5) is 11.4 Å². The minimum atomic E-state index is -0.138. The van der Waals surface area contributed by atoms with E-state index in [4.69, 9.17) is 0 Å². The second-order valence-electron chi connectivity index (χ2n) is 4.39. The number of fused-ring (bicyclic) bond motifs is 1. The van der Waals surface area contributed by atoms with Crippen LogP contribution in [0.15, 0.2) is 30.7 Å². The number of aromatic nitrogens is 2. The van der Waals surface area contributed by atoms with Gasteiger partial charge in [-0.05, 0) is 30.2 Å². The second kappa shape index (κ2) is 4.18. The van der Waals surface area contributed by atoms with Gasteiger partial charge in [0, 0.05) is 25.0 Å². The molecule has 0 spiro atoms. The maximum Gasteiger partial charge on any atom is 0.273 e. The van der Waals surface area contributed by atoms with E-state index in [1.54, 1.807) is 24.1 Å². The molecule has 2 heterocycles. The van der Waals surface area contributed by atoms with E-state index in [2.05, 4.69) is 15.6 Å². The highest BCUT2D eigenvalue weighted by molar-refractivity contribution is 6.03. The molecule has 92 valence electrons. The fraction of sp³-hybridized carbons (Fsp3) is 0.231. The fourth-order valence-electron chi connectivity index (χ4n) is 2.15. The Balaban J connectivity index is 1.81. The molecule has 1 aromatic heterocycles. The number of amides is 1. The van der Waals surface area contributed by atoms with Crippen LogP contribution in [0.2, 0.25) is 0 Å². The summed E-state index contributed by atoms with van der Waals surface area (Å²) in [4.78, 5) is 15.9. The van der Waals surface area contributed by atoms with Crippen molar-refractivity contribution in [3.05, 3.63) is 42.0 Å². The van der Waals surface area contributed by atoms with Crippen LogP contribution in [0.1, 0.15) is 16.1 Å². The van der Waals surface area contributed by atoms with Crippen LogP contribution >= 0.6 is 0 Å². The van der Waals surface area contributed by atoms with E-state index in [1.165, 1.54) is 5.56 Å². The Morgan fingerprint density at radius 1 is 1.50 bits per heavy atom. The van der Waals surface area contributed by atoms with Crippen LogP contribution in [0.25, 0.3) is 0 Å². The normalized spacial score (nSPS) is 12.9. The summed E-state index contributed by atoms with van der Waals surface area (Å²) in [6.07, 6.45) is 4.18. The molecule has 1 aromatic carbocycles. The second-order valence-corrected chi connectivity index (χ2v) is 4.39. The molecule has 0 unspecified atom stereocenters. The van der Waals surface area contributed by atoms with Crippen LogP contribution < -0.4 is 10.6 Å². The first kappa shape index (κ1) is 10.8. The van der Waals surface area contributed by atoms with Gasteiger partial charge < -0.3 is 15.2 Å². The maximum atomic E-state index is 12.0. The van der Waals surface area contributed by atoms with E-state index in [0.29, 0.717) is 5.69 Å². The van der Waals surface area contributed by atoms with Gasteiger partial charge in [-0.15, -0.1) is 0 Å². The average molecular weight is 242 g/mol. The Morgan fingerprint density at radius 2 is 2.39 bits per heavy atom. The molecule has 5 nitrogen and oxygen atoms in total. The van der Waals surface area contributed by atoms with Gasteiger partial charge in [-0.1, -0.05) is 0 Å². The summed E-state index contributed by atoms with van der Waals surface area (Å²) < 4.78 is 1.70. The molecule has 0 fully saturated rings. The van der Waals surface area contributed by atoms with Gasteiger partial charge in [-0.3, -0.25) is 4.79 Å². The number of carbonyl (C=O) groups excluding carboxylic acids is 1. The lowest BCUT2D eigenvalue weighted by Crippen LogP contribution is -2.15. The van der Waals surface area contributed by atoms with Crippen molar-refractivity contribution in [3.8, 4) is 0 Å². The fourth-order valence-corrected chi connectivity index (χ4v) is 2.15. The van der Waals surface area contributed by atoms with E-state index < -0.39 is 0 Å². The molecule has 0 bridgehead atoms. The van der Waals surface area contributed by atoms with Crippen molar-refractivity contribution in [1.82, 2.24) is 9.55 Å². The molecule has 5 heteroatoms. The molecule has 0 radical (unpaired) electrons. The van der Waals surface area contributed by atoms with Gasteiger partial charge in [0.05, 0.1) is 12.5 Å². The molecule has 2 N–H and O–H groups in total. The Bertz CT molecular complexity index is 603. The van der Waals surface area contributed by atoms with Crippen molar-refractivity contribution >= 4 is 17.3 Å². The first-order chi connectivity index (χ1) is 8.74. The molecule has 3 rings (SSSR count). The number of rotatable bonds is 2. The van der Waals surface area contributed by atoms with Crippen LogP contribution in [0.3, 0.4) is 0 Å². The number of nitrogens with one attached hydrogen (secondary N) is 2. The summed E-state index contributed by atoms with van der Waals surface area (Å²) in [5, 5.41) is 6.18. The van der Waals surface area contributed by atoms with Crippen molar-refractivity contribution in [2.24, 2.45) is 7.05 Å². The van der Waals surface area contributed by atoms with Gasteiger partial charge in [0.25, 0.3) is 5.91 Å². The smallest absolute Gasteiger partial charge is 0.273 e. The zero-order valence-corrected chi connectivity index (χ0v) is 10.1. The zero-order valence-electron chi connectivity index (χ0n) is 10.1. The number of anilines is 2. The first-order valence-electron chi connectivity index (χ1n) is 5.88. The van der Waals surface area contributed by atoms with E-state index in [9.17, 15) is 4.79 Å². The molecule has 0 saturated heterocycles. The quantitative estimate of drug-likeness (QED) is 0.841. The van der Waals surface area contributed by atoms with E-state index in [0.717, 1.165) is 24.3 Å². The number of aryl methyl sites for hydroxylation is 1. The number of imidazole rings is 1. The van der Waals surface area contributed by atoms with Crippen molar-refractivity contribution in [1.29, 1.82) is 0 Å². The van der Waals surface area contributed by atoms with Gasteiger partial charge in [0.15, 0.2) is 0 Å². The molecule has 1 amide bonds. The molecule has 2 aromatic rings. The Labute approximate surface area is 105 Å². The molecular weight excluding hydrogens is 228 g/mol. The highest BCUT2D eigenvalue weighted by Gasteiger charge is 2.13. The van der Waals surface area contributed by atoms with Crippen molar-refractivity contribution in [3.63, 3.8) is 0 Å². The highest BCUT2D eigenvalue weighted by Crippen LogP contribution is 2.25. The minimum absolute atomic E-state index is 0.138. The van der Waals surface area contributed by atoms with Crippen molar-refractivity contribution in [2.75, 3.05) is 17.2 Å². The largest absolute Gasteiger partial charge is 0.384 e. The van der Waals surface area contributed by atoms with Crippen LogP contribution in [0, 0.1) is 0 Å². The molecule has 0 atom stereocenters. The summed E-state index contributed by atoms with van der Waals surface area (Å²) in [5.41, 5.74) is 3.78. The van der Waals surface area contributed by atoms with Crippen molar-refractivity contribution in [2.45, 2.75) is 6.42 Å². The molecule has 0 aliphatic carbocycles. The topological polar surface area (TPSA) is 59.0 Å². The molecular formula is C13H14N4O. The van der Waals surface area contributed by atoms with Gasteiger partial charge in [-0.2, -0.15) is 0 Å². The Morgan fingerprint density at radius 3 is 3.17 bits per heavy atom. The summed E-state index contributed by atoms with van der Waals surface area (Å²) in [7, 11) is 1.80. The number of carbonyl (C=O) groups is 1. The van der Waals surface area contributed by atoms with Crippen LogP contribution in [-0.4, -0.2) is 22.0 Å². The lowest BCUT2D eigenvalue weighted by atomic mass is 10.1. The van der Waals surface area contributed by atoms with Crippen LogP contribution in [-0.2, 0) is 13.5 Å². The number of hydrogen-bond donors (Lipinski definition) is 2. The Kier molecular flexibility index (Phi) is 2.51. The number of benzene rings is 1. The van der Waals surface area contributed by atoms with Gasteiger partial charge in [0.1, 0.15) is 5.69 Å². The zero-order chi connectivity index (χ0) is 12.5. The average Bonchev–Trinajstić information content (AvgIpc) is 2.96. The highest BCUT2D eigenvalue weighted by atomic mass is 16.1. The third kappa shape index (κ3) is 1.84. The van der Waals surface area contributed by atoms with Gasteiger partial charge in [-0.25, -0.2) is 4.98 Å². The predicted octanol–water partition coefficient (Wildman–Crippen LogP) is 1.64. The van der Waals surface area contributed by atoms with E-state index >= 15 is 0 Å². The summed E-state index contributed by atoms with van der Waals surface area (Å²) in [5.74, 6) is -0.138. The van der Waals surface area contributed by atoms with Gasteiger partial charge in [0.2, 0.25) is 0 Å². The van der Waals surface area contributed by atoms with Gasteiger partial charge >= 0.3 is 0 Å². The Hall–Kier alpha value is -2.30. The number of nitrogens with zero attached hydrogens (tertiary/aromatic N) is 2. The molecule has 1 aliphatic heterocycles. The van der Waals surface area contributed by atoms with E-state index in [1.807, 2.05) is 18.2 Å². The third-order valence-corrected chi connectivity index (χ3v) is 3.12. The maximum absolute atomic E-state index is 12.0. The standard InChI is InChI=1S/C13H14N4O/c1-17-8-14-7-12(17)13(18)16-10-2-3-11-9(6-10)4-5-15-11/h2-3,6-8,15H,4-5H2,1H3,(H,16,18). The predicted molar refractivity (Wildman–Crippen MR) is 69.8 cm³/mol. The summed E-state index contributed by atoms with van der Waals surface area (Å²) in [6.45, 7) is 0.967.